The highest BCUT2D eigenvalue weighted by Gasteiger charge is 2.31. The zero-order chi connectivity index (χ0) is 19.3. The molecule has 0 bridgehead atoms. The van der Waals surface area contributed by atoms with Crippen LogP contribution in [-0.2, 0) is 9.53 Å². The smallest absolute Gasteiger partial charge is 0.321 e. The minimum atomic E-state index is -0.293. The van der Waals surface area contributed by atoms with E-state index in [1.54, 1.807) is 4.90 Å². The largest absolute Gasteiger partial charge is 0.368 e. The first kappa shape index (κ1) is 18.5. The molecule has 2 aliphatic rings. The summed E-state index contributed by atoms with van der Waals surface area (Å²) in [6.07, 6.45) is 1.45. The number of amides is 3. The number of piperazine rings is 1. The van der Waals surface area contributed by atoms with Gasteiger partial charge in [-0.15, -0.1) is 0 Å². The molecule has 1 unspecified atom stereocenters. The molecule has 0 saturated carbocycles. The number of hydrogen-bond donors (Lipinski definition) is 1. The Labute approximate surface area is 165 Å². The highest BCUT2D eigenvalue weighted by Crippen LogP contribution is 2.28. The highest BCUT2D eigenvalue weighted by molar-refractivity contribution is 5.94. The second-order valence-corrected chi connectivity index (χ2v) is 7.16. The summed E-state index contributed by atoms with van der Waals surface area (Å²) in [7, 11) is 0. The molecule has 2 aromatic carbocycles. The van der Waals surface area contributed by atoms with Gasteiger partial charge in [0.05, 0.1) is 5.69 Å². The van der Waals surface area contributed by atoms with E-state index in [1.807, 2.05) is 59.5 Å². The summed E-state index contributed by atoms with van der Waals surface area (Å²) in [6, 6.07) is 17.7. The van der Waals surface area contributed by atoms with Crippen LogP contribution in [0.5, 0.6) is 0 Å². The second kappa shape index (κ2) is 8.44. The Hall–Kier alpha value is -2.86. The second-order valence-electron chi connectivity index (χ2n) is 7.16. The number of anilines is 1. The summed E-state index contributed by atoms with van der Waals surface area (Å²) < 4.78 is 5.49. The van der Waals surface area contributed by atoms with Gasteiger partial charge in [-0.1, -0.05) is 48.5 Å². The van der Waals surface area contributed by atoms with E-state index >= 15 is 0 Å². The fraction of sp³-hybridized carbons (Fsp3) is 0.364. The molecule has 2 saturated heterocycles. The number of nitrogens with zero attached hydrogens (tertiary/aromatic N) is 2. The number of benzene rings is 2. The van der Waals surface area contributed by atoms with Crippen LogP contribution in [0.15, 0.2) is 54.6 Å². The van der Waals surface area contributed by atoms with Crippen molar-refractivity contribution in [1.29, 1.82) is 0 Å². The van der Waals surface area contributed by atoms with Crippen molar-refractivity contribution in [2.75, 3.05) is 38.1 Å². The molecule has 1 N–H and O–H groups in total. The Morgan fingerprint density at radius 3 is 2.29 bits per heavy atom. The molecule has 28 heavy (non-hydrogen) atoms. The Balaban J connectivity index is 1.37. The quantitative estimate of drug-likeness (QED) is 0.891. The van der Waals surface area contributed by atoms with E-state index in [0.717, 1.165) is 29.7 Å². The van der Waals surface area contributed by atoms with E-state index in [9.17, 15) is 9.59 Å². The van der Waals surface area contributed by atoms with Crippen molar-refractivity contribution in [2.24, 2.45) is 0 Å². The Morgan fingerprint density at radius 1 is 0.893 bits per heavy atom. The third kappa shape index (κ3) is 4.02. The minimum absolute atomic E-state index is 0.0620. The molecule has 2 fully saturated rings. The maximum atomic E-state index is 12.8. The maximum Gasteiger partial charge on any atom is 0.321 e. The topological polar surface area (TPSA) is 61.9 Å². The number of para-hydroxylation sites is 1. The first-order valence-corrected chi connectivity index (χ1v) is 9.83. The molecule has 6 nitrogen and oxygen atoms in total. The number of nitrogens with one attached hydrogen (secondary N) is 1. The predicted molar refractivity (Wildman–Crippen MR) is 108 cm³/mol. The van der Waals surface area contributed by atoms with Gasteiger partial charge in [0, 0.05) is 38.3 Å². The molecule has 4 rings (SSSR count). The van der Waals surface area contributed by atoms with Gasteiger partial charge >= 0.3 is 6.03 Å². The van der Waals surface area contributed by atoms with Crippen molar-refractivity contribution >= 4 is 17.6 Å². The van der Waals surface area contributed by atoms with Crippen molar-refractivity contribution in [3.8, 4) is 11.1 Å². The van der Waals surface area contributed by atoms with Gasteiger partial charge in [0.1, 0.15) is 6.10 Å². The van der Waals surface area contributed by atoms with Crippen LogP contribution in [0.3, 0.4) is 0 Å². The molecule has 0 spiro atoms. The Morgan fingerprint density at radius 2 is 1.57 bits per heavy atom. The van der Waals surface area contributed by atoms with Gasteiger partial charge in [-0.05, 0) is 24.5 Å². The Kier molecular flexibility index (Phi) is 5.58. The van der Waals surface area contributed by atoms with Crippen molar-refractivity contribution in [1.82, 2.24) is 9.80 Å². The van der Waals surface area contributed by atoms with Crippen LogP contribution in [0.25, 0.3) is 11.1 Å². The fourth-order valence-corrected chi connectivity index (χ4v) is 3.76. The number of ether oxygens (including phenoxy) is 1. The lowest BCUT2D eigenvalue weighted by atomic mass is 10.0. The molecule has 146 valence electrons. The van der Waals surface area contributed by atoms with Gasteiger partial charge in [-0.3, -0.25) is 4.79 Å². The number of carbonyl (C=O) groups is 2. The zero-order valence-corrected chi connectivity index (χ0v) is 15.8. The maximum absolute atomic E-state index is 12.8. The number of hydrogen-bond acceptors (Lipinski definition) is 3. The molecule has 0 radical (unpaired) electrons. The van der Waals surface area contributed by atoms with Crippen molar-refractivity contribution in [2.45, 2.75) is 18.9 Å². The van der Waals surface area contributed by atoms with Crippen LogP contribution in [-0.4, -0.2) is 60.6 Å². The van der Waals surface area contributed by atoms with Crippen LogP contribution in [0, 0.1) is 0 Å². The lowest BCUT2D eigenvalue weighted by Gasteiger charge is -2.35. The molecule has 2 heterocycles. The fourth-order valence-electron chi connectivity index (χ4n) is 3.76. The standard InChI is InChI=1S/C22H25N3O3/c26-21(20-11-6-16-28-20)24-12-14-25(15-13-24)22(27)23-19-10-5-4-9-18(19)17-7-2-1-3-8-17/h1-5,7-10,20H,6,11-16H2,(H,23,27). The van der Waals surface area contributed by atoms with E-state index in [0.29, 0.717) is 32.8 Å². The third-order valence-corrected chi connectivity index (χ3v) is 5.34. The summed E-state index contributed by atoms with van der Waals surface area (Å²) in [5.41, 5.74) is 2.84. The molecule has 2 aromatic rings. The monoisotopic (exact) mass is 379 g/mol. The molecule has 3 amide bonds. The van der Waals surface area contributed by atoms with Crippen LogP contribution in [0.1, 0.15) is 12.8 Å². The van der Waals surface area contributed by atoms with Gasteiger partial charge in [-0.25, -0.2) is 4.79 Å². The van der Waals surface area contributed by atoms with Gasteiger partial charge < -0.3 is 19.9 Å². The Bertz CT molecular complexity index is 826. The van der Waals surface area contributed by atoms with Crippen molar-refractivity contribution in [3.05, 3.63) is 54.6 Å². The summed E-state index contributed by atoms with van der Waals surface area (Å²) in [6.45, 7) is 2.81. The van der Waals surface area contributed by atoms with Crippen LogP contribution < -0.4 is 5.32 Å². The number of rotatable bonds is 3. The van der Waals surface area contributed by atoms with Crippen LogP contribution in [0.2, 0.25) is 0 Å². The molecule has 6 heteroatoms. The van der Waals surface area contributed by atoms with Crippen LogP contribution >= 0.6 is 0 Å². The first-order valence-electron chi connectivity index (χ1n) is 9.83. The molecular formula is C22H25N3O3. The first-order chi connectivity index (χ1) is 13.7. The summed E-state index contributed by atoms with van der Waals surface area (Å²) >= 11 is 0. The third-order valence-electron chi connectivity index (χ3n) is 5.34. The highest BCUT2D eigenvalue weighted by atomic mass is 16.5. The lowest BCUT2D eigenvalue weighted by Crippen LogP contribution is -2.53. The van der Waals surface area contributed by atoms with E-state index < -0.39 is 0 Å². The average Bonchev–Trinajstić information content (AvgIpc) is 3.29. The lowest BCUT2D eigenvalue weighted by molar-refractivity contribution is -0.142. The van der Waals surface area contributed by atoms with Crippen molar-refractivity contribution < 1.29 is 14.3 Å². The predicted octanol–water partition coefficient (Wildman–Crippen LogP) is 3.21. The molecule has 2 aliphatic heterocycles. The average molecular weight is 379 g/mol. The molecule has 1 atom stereocenters. The number of carbonyl (C=O) groups excluding carboxylic acids is 2. The van der Waals surface area contributed by atoms with Gasteiger partial charge in [0.25, 0.3) is 5.91 Å². The van der Waals surface area contributed by atoms with Gasteiger partial charge in [0.2, 0.25) is 0 Å². The van der Waals surface area contributed by atoms with E-state index in [4.69, 9.17) is 4.74 Å². The van der Waals surface area contributed by atoms with Gasteiger partial charge in [-0.2, -0.15) is 0 Å². The summed E-state index contributed by atoms with van der Waals surface area (Å²) in [4.78, 5) is 28.8. The van der Waals surface area contributed by atoms with E-state index in [2.05, 4.69) is 5.32 Å². The zero-order valence-electron chi connectivity index (χ0n) is 15.8. The van der Waals surface area contributed by atoms with Crippen molar-refractivity contribution in [3.63, 3.8) is 0 Å². The summed E-state index contributed by atoms with van der Waals surface area (Å²) in [5.74, 6) is 0.0620. The normalized spacial score (nSPS) is 19.5. The van der Waals surface area contributed by atoms with Gasteiger partial charge in [0.15, 0.2) is 0 Å². The molecular weight excluding hydrogens is 354 g/mol. The van der Waals surface area contributed by atoms with Crippen LogP contribution in [0.4, 0.5) is 10.5 Å². The summed E-state index contributed by atoms with van der Waals surface area (Å²) in [5, 5.41) is 3.04. The molecule has 0 aromatic heterocycles. The molecule has 0 aliphatic carbocycles. The van der Waals surface area contributed by atoms with E-state index in [-0.39, 0.29) is 18.0 Å². The van der Waals surface area contributed by atoms with E-state index in [1.165, 1.54) is 0 Å². The minimum Gasteiger partial charge on any atom is -0.368 e. The SMILES string of the molecule is O=C(Nc1ccccc1-c1ccccc1)N1CCN(C(=O)C2CCCO2)CC1. The number of urea groups is 1.